The Kier molecular flexibility index (Phi) is 3.48. The van der Waals surface area contributed by atoms with Gasteiger partial charge in [0, 0.05) is 18.8 Å². The third-order valence-corrected chi connectivity index (χ3v) is 3.00. The molecule has 1 fully saturated rings. The fourth-order valence-electron chi connectivity index (χ4n) is 1.98. The SMILES string of the molecule is O=C1CCC(C(O)(C(F)(F)F)C(F)(F)F)CC1. The summed E-state index contributed by atoms with van der Waals surface area (Å²) in [6.45, 7) is 0. The minimum atomic E-state index is -5.80. The zero-order valence-corrected chi connectivity index (χ0v) is 8.53. The van der Waals surface area contributed by atoms with Crippen LogP contribution in [0.1, 0.15) is 25.7 Å². The van der Waals surface area contributed by atoms with Crippen molar-refractivity contribution in [3.63, 3.8) is 0 Å². The van der Waals surface area contributed by atoms with Gasteiger partial charge in [-0.05, 0) is 12.8 Å². The van der Waals surface area contributed by atoms with E-state index in [9.17, 15) is 31.1 Å². The monoisotopic (exact) mass is 264 g/mol. The zero-order chi connectivity index (χ0) is 13.5. The fraction of sp³-hybridized carbons (Fsp3) is 0.889. The molecule has 100 valence electrons. The first-order chi connectivity index (χ1) is 7.50. The second kappa shape index (κ2) is 4.15. The molecule has 0 radical (unpaired) electrons. The molecule has 0 aromatic carbocycles. The van der Waals surface area contributed by atoms with Crippen LogP contribution >= 0.6 is 0 Å². The Hall–Kier alpha value is -0.790. The lowest BCUT2D eigenvalue weighted by molar-refractivity contribution is -0.386. The average molecular weight is 264 g/mol. The second-order valence-corrected chi connectivity index (χ2v) is 4.07. The van der Waals surface area contributed by atoms with Gasteiger partial charge in [-0.2, -0.15) is 26.3 Å². The molecule has 17 heavy (non-hydrogen) atoms. The molecule has 8 heteroatoms. The molecule has 1 N–H and O–H groups in total. The smallest absolute Gasteiger partial charge is 0.373 e. The number of hydrogen-bond acceptors (Lipinski definition) is 2. The summed E-state index contributed by atoms with van der Waals surface area (Å²) in [5.74, 6) is -2.40. The molecule has 0 amide bonds. The van der Waals surface area contributed by atoms with E-state index < -0.39 is 36.7 Å². The Labute approximate surface area is 92.6 Å². The van der Waals surface area contributed by atoms with Crippen LogP contribution in [-0.2, 0) is 4.79 Å². The molecule has 1 rings (SSSR count). The van der Waals surface area contributed by atoms with Crippen LogP contribution in [0.15, 0.2) is 0 Å². The van der Waals surface area contributed by atoms with E-state index in [1.54, 1.807) is 0 Å². The number of alkyl halides is 6. The van der Waals surface area contributed by atoms with Gasteiger partial charge in [0.15, 0.2) is 0 Å². The summed E-state index contributed by atoms with van der Waals surface area (Å²) >= 11 is 0. The zero-order valence-electron chi connectivity index (χ0n) is 8.53. The first-order valence-electron chi connectivity index (χ1n) is 4.87. The largest absolute Gasteiger partial charge is 0.426 e. The lowest BCUT2D eigenvalue weighted by atomic mass is 9.75. The molecule has 0 aromatic heterocycles. The van der Waals surface area contributed by atoms with E-state index in [0.29, 0.717) is 0 Å². The van der Waals surface area contributed by atoms with E-state index in [1.807, 2.05) is 0 Å². The van der Waals surface area contributed by atoms with Crippen molar-refractivity contribution in [2.24, 2.45) is 5.92 Å². The van der Waals surface area contributed by atoms with Crippen LogP contribution in [0.25, 0.3) is 0 Å². The molecule has 0 spiro atoms. The first-order valence-corrected chi connectivity index (χ1v) is 4.87. The van der Waals surface area contributed by atoms with Gasteiger partial charge in [0.1, 0.15) is 5.78 Å². The molecule has 1 aliphatic rings. The van der Waals surface area contributed by atoms with Crippen LogP contribution in [0.5, 0.6) is 0 Å². The van der Waals surface area contributed by atoms with Crippen LogP contribution in [0.4, 0.5) is 26.3 Å². The van der Waals surface area contributed by atoms with Crippen molar-refractivity contribution in [3.05, 3.63) is 0 Å². The van der Waals surface area contributed by atoms with Gasteiger partial charge in [-0.1, -0.05) is 0 Å². The summed E-state index contributed by atoms with van der Waals surface area (Å²) in [5.41, 5.74) is -4.72. The number of carbonyl (C=O) groups is 1. The van der Waals surface area contributed by atoms with E-state index in [1.165, 1.54) is 0 Å². The summed E-state index contributed by atoms with van der Waals surface area (Å²) in [4.78, 5) is 10.8. The summed E-state index contributed by atoms with van der Waals surface area (Å²) < 4.78 is 74.6. The predicted molar refractivity (Wildman–Crippen MR) is 44.0 cm³/mol. The fourth-order valence-corrected chi connectivity index (χ4v) is 1.98. The molecule has 1 aliphatic carbocycles. The number of hydrogen-bond donors (Lipinski definition) is 1. The molecule has 0 atom stereocenters. The van der Waals surface area contributed by atoms with Crippen LogP contribution in [0.2, 0.25) is 0 Å². The molecule has 0 unspecified atom stereocenters. The molecule has 0 heterocycles. The lowest BCUT2D eigenvalue weighted by Crippen LogP contribution is -2.62. The Morgan fingerprint density at radius 3 is 1.59 bits per heavy atom. The molecular formula is C9H10F6O2. The quantitative estimate of drug-likeness (QED) is 0.739. The number of ketones is 1. The number of Topliss-reactive ketones (excluding diaryl/α,β-unsaturated/α-hetero) is 1. The topological polar surface area (TPSA) is 37.3 Å². The Balaban J connectivity index is 3.04. The molecular weight excluding hydrogens is 254 g/mol. The summed E-state index contributed by atoms with van der Waals surface area (Å²) in [6.07, 6.45) is -13.5. The van der Waals surface area contributed by atoms with Crippen molar-refractivity contribution in [1.29, 1.82) is 0 Å². The van der Waals surface area contributed by atoms with E-state index >= 15 is 0 Å². The summed E-state index contributed by atoms with van der Waals surface area (Å²) in [5, 5.41) is 9.03. The predicted octanol–water partition coefficient (Wildman–Crippen LogP) is 2.60. The number of halogens is 6. The highest BCUT2D eigenvalue weighted by Gasteiger charge is 2.73. The van der Waals surface area contributed by atoms with Crippen molar-refractivity contribution in [3.8, 4) is 0 Å². The lowest BCUT2D eigenvalue weighted by Gasteiger charge is -2.40. The van der Waals surface area contributed by atoms with E-state index in [4.69, 9.17) is 5.11 Å². The van der Waals surface area contributed by atoms with Crippen molar-refractivity contribution >= 4 is 5.78 Å². The third-order valence-electron chi connectivity index (χ3n) is 3.00. The van der Waals surface area contributed by atoms with Crippen LogP contribution < -0.4 is 0 Å². The number of carbonyl (C=O) groups excluding carboxylic acids is 1. The highest BCUT2D eigenvalue weighted by Crippen LogP contribution is 2.51. The maximum Gasteiger partial charge on any atom is 0.426 e. The van der Waals surface area contributed by atoms with Gasteiger partial charge in [0.05, 0.1) is 0 Å². The average Bonchev–Trinajstić information content (AvgIpc) is 2.14. The van der Waals surface area contributed by atoms with Gasteiger partial charge in [0.25, 0.3) is 5.60 Å². The molecule has 0 saturated heterocycles. The third kappa shape index (κ3) is 2.41. The Morgan fingerprint density at radius 1 is 0.941 bits per heavy atom. The molecule has 0 aliphatic heterocycles. The summed E-state index contributed by atoms with van der Waals surface area (Å²) in [7, 11) is 0. The van der Waals surface area contributed by atoms with Crippen LogP contribution in [-0.4, -0.2) is 28.8 Å². The number of rotatable bonds is 1. The molecule has 0 bridgehead atoms. The van der Waals surface area contributed by atoms with Crippen LogP contribution in [0, 0.1) is 5.92 Å². The van der Waals surface area contributed by atoms with Crippen molar-refractivity contribution in [2.45, 2.75) is 43.6 Å². The minimum absolute atomic E-state index is 0.362. The van der Waals surface area contributed by atoms with Gasteiger partial charge in [-0.25, -0.2) is 0 Å². The van der Waals surface area contributed by atoms with E-state index in [0.717, 1.165) is 0 Å². The van der Waals surface area contributed by atoms with Gasteiger partial charge >= 0.3 is 12.4 Å². The summed E-state index contributed by atoms with van der Waals surface area (Å²) in [6, 6.07) is 0. The van der Waals surface area contributed by atoms with Gasteiger partial charge in [0.2, 0.25) is 0 Å². The second-order valence-electron chi connectivity index (χ2n) is 4.07. The Bertz CT molecular complexity index is 282. The van der Waals surface area contributed by atoms with Crippen molar-refractivity contribution in [1.82, 2.24) is 0 Å². The number of aliphatic hydroxyl groups is 1. The van der Waals surface area contributed by atoms with Gasteiger partial charge < -0.3 is 5.11 Å². The maximum atomic E-state index is 12.4. The van der Waals surface area contributed by atoms with Crippen LogP contribution in [0.3, 0.4) is 0 Å². The van der Waals surface area contributed by atoms with Gasteiger partial charge in [-0.15, -0.1) is 0 Å². The standard InChI is InChI=1S/C9H10F6O2/c10-8(11,12)7(17,9(13,14)15)5-1-3-6(16)4-2-5/h5,17H,1-4H2. The highest BCUT2D eigenvalue weighted by atomic mass is 19.4. The molecule has 1 saturated carbocycles. The molecule has 2 nitrogen and oxygen atoms in total. The normalized spacial score (nSPS) is 20.8. The van der Waals surface area contributed by atoms with Gasteiger partial charge in [-0.3, -0.25) is 4.79 Å². The highest BCUT2D eigenvalue weighted by molar-refractivity contribution is 5.79. The maximum absolute atomic E-state index is 12.4. The molecule has 0 aromatic rings. The minimum Gasteiger partial charge on any atom is -0.373 e. The first kappa shape index (κ1) is 14.3. The van der Waals surface area contributed by atoms with E-state index in [2.05, 4.69) is 0 Å². The van der Waals surface area contributed by atoms with E-state index in [-0.39, 0.29) is 18.6 Å². The Morgan fingerprint density at radius 2 is 1.29 bits per heavy atom. The van der Waals surface area contributed by atoms with Crippen molar-refractivity contribution < 1.29 is 36.2 Å². The van der Waals surface area contributed by atoms with Crippen molar-refractivity contribution in [2.75, 3.05) is 0 Å².